The minimum absolute atomic E-state index is 0.0314. The van der Waals surface area contributed by atoms with Gasteiger partial charge >= 0.3 is 0 Å². The molecule has 7 nitrogen and oxygen atoms in total. The number of nitrogens with two attached hydrogens (primary N) is 1. The number of rotatable bonds is 6. The summed E-state index contributed by atoms with van der Waals surface area (Å²) >= 11 is 1.51. The van der Waals surface area contributed by atoms with E-state index in [2.05, 4.69) is 20.7 Å². The van der Waals surface area contributed by atoms with E-state index < -0.39 is 0 Å². The number of amides is 1. The molecule has 0 aliphatic heterocycles. The van der Waals surface area contributed by atoms with Gasteiger partial charge in [0.15, 0.2) is 0 Å². The SMILES string of the molecule is CCN(CC(=O)NC(C)C)c1nc(NN)nc2sccc12. The van der Waals surface area contributed by atoms with E-state index in [0.717, 1.165) is 16.0 Å². The lowest BCUT2D eigenvalue weighted by Gasteiger charge is -2.23. The molecule has 1 amide bonds. The topological polar surface area (TPSA) is 96.2 Å². The highest BCUT2D eigenvalue weighted by Gasteiger charge is 2.17. The molecule has 114 valence electrons. The summed E-state index contributed by atoms with van der Waals surface area (Å²) < 4.78 is 0. The van der Waals surface area contributed by atoms with Gasteiger partial charge in [-0.25, -0.2) is 10.8 Å². The second kappa shape index (κ2) is 6.68. The Bertz CT molecular complexity index is 626. The van der Waals surface area contributed by atoms with E-state index >= 15 is 0 Å². The van der Waals surface area contributed by atoms with Crippen LogP contribution in [0.4, 0.5) is 11.8 Å². The molecule has 2 heterocycles. The lowest BCUT2D eigenvalue weighted by molar-refractivity contribution is -0.120. The number of aromatic nitrogens is 2. The van der Waals surface area contributed by atoms with Crippen LogP contribution in [0.25, 0.3) is 10.2 Å². The van der Waals surface area contributed by atoms with Crippen LogP contribution in [0.5, 0.6) is 0 Å². The van der Waals surface area contributed by atoms with E-state index in [-0.39, 0.29) is 18.5 Å². The number of fused-ring (bicyclic) bond motifs is 1. The fourth-order valence-corrected chi connectivity index (χ4v) is 2.78. The number of hydrogen-bond acceptors (Lipinski definition) is 7. The van der Waals surface area contributed by atoms with Gasteiger partial charge in [-0.2, -0.15) is 4.98 Å². The number of hydrazine groups is 1. The summed E-state index contributed by atoms with van der Waals surface area (Å²) in [4.78, 5) is 23.4. The summed E-state index contributed by atoms with van der Waals surface area (Å²) in [6.07, 6.45) is 0. The van der Waals surface area contributed by atoms with Gasteiger partial charge in [0.25, 0.3) is 0 Å². The summed E-state index contributed by atoms with van der Waals surface area (Å²) in [7, 11) is 0. The van der Waals surface area contributed by atoms with Gasteiger partial charge in [0.05, 0.1) is 11.9 Å². The van der Waals surface area contributed by atoms with Crippen LogP contribution in [0.1, 0.15) is 20.8 Å². The van der Waals surface area contributed by atoms with Gasteiger partial charge in [0.1, 0.15) is 10.6 Å². The first kappa shape index (κ1) is 15.5. The lowest BCUT2D eigenvalue weighted by atomic mass is 10.3. The highest BCUT2D eigenvalue weighted by Crippen LogP contribution is 2.28. The van der Waals surface area contributed by atoms with Crippen LogP contribution >= 0.6 is 11.3 Å². The van der Waals surface area contributed by atoms with Crippen molar-refractivity contribution in [2.24, 2.45) is 5.84 Å². The molecule has 2 rings (SSSR count). The Labute approximate surface area is 127 Å². The highest BCUT2D eigenvalue weighted by atomic mass is 32.1. The molecule has 0 unspecified atom stereocenters. The number of hydrogen-bond donors (Lipinski definition) is 3. The smallest absolute Gasteiger partial charge is 0.240 e. The molecule has 8 heteroatoms. The Balaban J connectivity index is 2.32. The Hall–Kier alpha value is -1.93. The lowest BCUT2D eigenvalue weighted by Crippen LogP contribution is -2.40. The minimum atomic E-state index is -0.0314. The van der Waals surface area contributed by atoms with Crippen molar-refractivity contribution in [2.75, 3.05) is 23.4 Å². The van der Waals surface area contributed by atoms with Gasteiger partial charge in [0, 0.05) is 12.6 Å². The number of thiophene rings is 1. The van der Waals surface area contributed by atoms with Crippen molar-refractivity contribution in [3.8, 4) is 0 Å². The Morgan fingerprint density at radius 3 is 2.86 bits per heavy atom. The molecule has 0 aliphatic carbocycles. The van der Waals surface area contributed by atoms with Crippen LogP contribution in [0.15, 0.2) is 11.4 Å². The third-order valence-corrected chi connectivity index (χ3v) is 3.71. The average Bonchev–Trinajstić information content (AvgIpc) is 2.91. The van der Waals surface area contributed by atoms with Crippen LogP contribution in [-0.2, 0) is 4.79 Å². The number of carbonyl (C=O) groups is 1. The molecule has 0 spiro atoms. The molecule has 0 saturated carbocycles. The molecular formula is C13H20N6OS. The molecule has 0 atom stereocenters. The van der Waals surface area contributed by atoms with E-state index in [1.807, 2.05) is 37.1 Å². The van der Waals surface area contributed by atoms with Crippen LogP contribution in [-0.4, -0.2) is 35.0 Å². The van der Waals surface area contributed by atoms with Gasteiger partial charge in [-0.05, 0) is 32.2 Å². The fraction of sp³-hybridized carbons (Fsp3) is 0.462. The Morgan fingerprint density at radius 2 is 2.24 bits per heavy atom. The van der Waals surface area contributed by atoms with Crippen molar-refractivity contribution < 1.29 is 4.79 Å². The van der Waals surface area contributed by atoms with Crippen molar-refractivity contribution in [3.63, 3.8) is 0 Å². The third kappa shape index (κ3) is 3.59. The van der Waals surface area contributed by atoms with Crippen LogP contribution in [0.2, 0.25) is 0 Å². The zero-order valence-electron chi connectivity index (χ0n) is 12.4. The summed E-state index contributed by atoms with van der Waals surface area (Å²) in [5, 5.41) is 5.76. The number of anilines is 2. The molecule has 0 aromatic carbocycles. The number of nitrogens with zero attached hydrogens (tertiary/aromatic N) is 3. The quantitative estimate of drug-likeness (QED) is 0.550. The second-order valence-corrected chi connectivity index (χ2v) is 5.79. The first-order valence-corrected chi connectivity index (χ1v) is 7.69. The fourth-order valence-electron chi connectivity index (χ4n) is 2.02. The van der Waals surface area contributed by atoms with Crippen LogP contribution in [0.3, 0.4) is 0 Å². The number of nitrogens with one attached hydrogen (secondary N) is 2. The molecule has 0 radical (unpaired) electrons. The summed E-state index contributed by atoms with van der Waals surface area (Å²) in [5.41, 5.74) is 2.47. The Kier molecular flexibility index (Phi) is 4.92. The van der Waals surface area contributed by atoms with Crippen molar-refractivity contribution in [1.82, 2.24) is 15.3 Å². The summed E-state index contributed by atoms with van der Waals surface area (Å²) in [6, 6.07) is 2.07. The zero-order valence-corrected chi connectivity index (χ0v) is 13.2. The standard InChI is InChI=1S/C13H20N6OS/c1-4-19(7-10(20)15-8(2)3)11-9-5-6-21-12(9)17-13(16-11)18-14/h5-6,8H,4,7,14H2,1-3H3,(H,15,20)(H,16,17,18). The maximum Gasteiger partial charge on any atom is 0.240 e. The largest absolute Gasteiger partial charge is 0.352 e. The Morgan fingerprint density at radius 1 is 1.48 bits per heavy atom. The average molecular weight is 308 g/mol. The maximum atomic E-state index is 12.0. The molecule has 0 bridgehead atoms. The molecule has 4 N–H and O–H groups in total. The predicted molar refractivity (Wildman–Crippen MR) is 86.4 cm³/mol. The molecule has 0 fully saturated rings. The monoisotopic (exact) mass is 308 g/mol. The van der Waals surface area contributed by atoms with Crippen molar-refractivity contribution in [2.45, 2.75) is 26.8 Å². The van der Waals surface area contributed by atoms with E-state index in [1.165, 1.54) is 11.3 Å². The molecule has 0 aliphatic rings. The number of likely N-dealkylation sites (N-methyl/N-ethyl adjacent to an activating group) is 1. The normalized spacial score (nSPS) is 10.9. The summed E-state index contributed by atoms with van der Waals surface area (Å²) in [5.74, 6) is 6.46. The third-order valence-electron chi connectivity index (χ3n) is 2.90. The van der Waals surface area contributed by atoms with Crippen molar-refractivity contribution in [3.05, 3.63) is 11.4 Å². The van der Waals surface area contributed by atoms with Gasteiger partial charge in [0.2, 0.25) is 11.9 Å². The van der Waals surface area contributed by atoms with Gasteiger partial charge in [-0.15, -0.1) is 11.3 Å². The summed E-state index contributed by atoms with van der Waals surface area (Å²) in [6.45, 7) is 6.77. The molecule has 21 heavy (non-hydrogen) atoms. The molecule has 2 aromatic heterocycles. The van der Waals surface area contributed by atoms with Crippen molar-refractivity contribution in [1.29, 1.82) is 0 Å². The van der Waals surface area contributed by atoms with Crippen LogP contribution < -0.4 is 21.5 Å². The van der Waals surface area contributed by atoms with Crippen molar-refractivity contribution >= 4 is 39.2 Å². The van der Waals surface area contributed by atoms with Gasteiger partial charge in [-0.1, -0.05) is 0 Å². The number of carbonyl (C=O) groups excluding carboxylic acids is 1. The first-order valence-electron chi connectivity index (χ1n) is 6.81. The van der Waals surface area contributed by atoms with Gasteiger partial charge < -0.3 is 10.2 Å². The predicted octanol–water partition coefficient (Wildman–Crippen LogP) is 1.33. The van der Waals surface area contributed by atoms with Crippen LogP contribution in [0, 0.1) is 0 Å². The molecule has 0 saturated heterocycles. The number of nitrogen functional groups attached to an aromatic ring is 1. The zero-order chi connectivity index (χ0) is 15.4. The second-order valence-electron chi connectivity index (χ2n) is 4.89. The highest BCUT2D eigenvalue weighted by molar-refractivity contribution is 7.16. The van der Waals surface area contributed by atoms with Gasteiger partial charge in [-0.3, -0.25) is 10.2 Å². The molecule has 2 aromatic rings. The maximum absolute atomic E-state index is 12.0. The van der Waals surface area contributed by atoms with E-state index in [1.54, 1.807) is 0 Å². The minimum Gasteiger partial charge on any atom is -0.352 e. The van der Waals surface area contributed by atoms with E-state index in [0.29, 0.717) is 12.5 Å². The van der Waals surface area contributed by atoms with E-state index in [9.17, 15) is 4.79 Å². The molecular weight excluding hydrogens is 288 g/mol. The van der Waals surface area contributed by atoms with E-state index in [4.69, 9.17) is 5.84 Å². The first-order chi connectivity index (χ1) is 10.0.